The maximum absolute atomic E-state index is 11.2. The molecular formula is C9H16N2OS. The van der Waals surface area contributed by atoms with Gasteiger partial charge in [-0.3, -0.25) is 4.79 Å². The van der Waals surface area contributed by atoms with E-state index in [0.29, 0.717) is 13.0 Å². The molecule has 0 rings (SSSR count). The SMILES string of the molecule is CC#CCNC(=O)C(N)CCSC. The highest BCUT2D eigenvalue weighted by Crippen LogP contribution is 1.98. The lowest BCUT2D eigenvalue weighted by molar-refractivity contribution is -0.122. The first-order valence-corrected chi connectivity index (χ1v) is 5.53. The average molecular weight is 200 g/mol. The zero-order valence-corrected chi connectivity index (χ0v) is 8.91. The highest BCUT2D eigenvalue weighted by molar-refractivity contribution is 7.98. The van der Waals surface area contributed by atoms with Gasteiger partial charge in [-0.05, 0) is 25.4 Å². The fourth-order valence-electron chi connectivity index (χ4n) is 0.727. The Morgan fingerprint density at radius 3 is 2.92 bits per heavy atom. The number of carbonyl (C=O) groups excluding carboxylic acids is 1. The second-order valence-electron chi connectivity index (χ2n) is 2.53. The molecule has 0 aromatic rings. The lowest BCUT2D eigenvalue weighted by Gasteiger charge is -2.09. The molecule has 0 fully saturated rings. The van der Waals surface area contributed by atoms with Gasteiger partial charge < -0.3 is 11.1 Å². The van der Waals surface area contributed by atoms with Crippen LogP contribution in [0.3, 0.4) is 0 Å². The van der Waals surface area contributed by atoms with E-state index in [1.165, 1.54) is 0 Å². The summed E-state index contributed by atoms with van der Waals surface area (Å²) in [5.41, 5.74) is 5.61. The lowest BCUT2D eigenvalue weighted by atomic mass is 10.2. The molecule has 0 aliphatic rings. The maximum Gasteiger partial charge on any atom is 0.237 e. The van der Waals surface area contributed by atoms with Crippen LogP contribution in [0.1, 0.15) is 13.3 Å². The van der Waals surface area contributed by atoms with Crippen molar-refractivity contribution in [1.82, 2.24) is 5.32 Å². The van der Waals surface area contributed by atoms with Crippen LogP contribution < -0.4 is 11.1 Å². The Bertz CT molecular complexity index is 207. The molecule has 1 amide bonds. The van der Waals surface area contributed by atoms with E-state index in [0.717, 1.165) is 5.75 Å². The molecule has 74 valence electrons. The van der Waals surface area contributed by atoms with E-state index in [1.807, 2.05) is 6.26 Å². The van der Waals surface area contributed by atoms with Crippen LogP contribution in [0, 0.1) is 11.8 Å². The summed E-state index contributed by atoms with van der Waals surface area (Å²) in [6.45, 7) is 2.13. The minimum Gasteiger partial charge on any atom is -0.344 e. The third-order valence-electron chi connectivity index (χ3n) is 1.50. The molecule has 1 atom stereocenters. The van der Waals surface area contributed by atoms with Gasteiger partial charge in [-0.25, -0.2) is 0 Å². The molecule has 0 saturated carbocycles. The molecule has 13 heavy (non-hydrogen) atoms. The van der Waals surface area contributed by atoms with Crippen LogP contribution in [-0.2, 0) is 4.79 Å². The van der Waals surface area contributed by atoms with E-state index >= 15 is 0 Å². The first-order chi connectivity index (χ1) is 6.22. The van der Waals surface area contributed by atoms with E-state index in [-0.39, 0.29) is 5.91 Å². The van der Waals surface area contributed by atoms with Gasteiger partial charge in [0.1, 0.15) is 0 Å². The summed E-state index contributed by atoms with van der Waals surface area (Å²) in [5.74, 6) is 6.24. The quantitative estimate of drug-likeness (QED) is 0.624. The molecule has 0 aromatic carbocycles. The summed E-state index contributed by atoms with van der Waals surface area (Å²) < 4.78 is 0. The molecule has 4 heteroatoms. The second-order valence-corrected chi connectivity index (χ2v) is 3.52. The number of rotatable bonds is 5. The molecule has 3 N–H and O–H groups in total. The number of thioether (sulfide) groups is 1. The predicted molar refractivity (Wildman–Crippen MR) is 57.4 cm³/mol. The second kappa shape index (κ2) is 7.96. The molecule has 0 bridgehead atoms. The zero-order chi connectivity index (χ0) is 10.1. The molecule has 3 nitrogen and oxygen atoms in total. The number of hydrogen-bond donors (Lipinski definition) is 2. The van der Waals surface area contributed by atoms with Gasteiger partial charge in [0.25, 0.3) is 0 Å². The first-order valence-electron chi connectivity index (χ1n) is 4.14. The minimum atomic E-state index is -0.397. The van der Waals surface area contributed by atoms with Crippen molar-refractivity contribution in [2.24, 2.45) is 5.73 Å². The highest BCUT2D eigenvalue weighted by Gasteiger charge is 2.10. The predicted octanol–water partition coefficient (Wildman–Crippen LogP) is 0.206. The summed E-state index contributed by atoms with van der Waals surface area (Å²) in [6.07, 6.45) is 2.71. The van der Waals surface area contributed by atoms with Crippen molar-refractivity contribution < 1.29 is 4.79 Å². The Morgan fingerprint density at radius 2 is 2.38 bits per heavy atom. The normalized spacial score (nSPS) is 11.3. The Hall–Kier alpha value is -0.660. The summed E-state index contributed by atoms with van der Waals surface area (Å²) in [4.78, 5) is 11.2. The van der Waals surface area contributed by atoms with Crippen LogP contribution in [0.4, 0.5) is 0 Å². The van der Waals surface area contributed by atoms with Gasteiger partial charge in [0, 0.05) is 0 Å². The van der Waals surface area contributed by atoms with Crippen LogP contribution in [0.25, 0.3) is 0 Å². The Kier molecular flexibility index (Phi) is 7.56. The number of hydrogen-bond acceptors (Lipinski definition) is 3. The molecule has 0 aliphatic heterocycles. The van der Waals surface area contributed by atoms with E-state index in [4.69, 9.17) is 5.73 Å². The van der Waals surface area contributed by atoms with Crippen LogP contribution in [-0.4, -0.2) is 30.5 Å². The van der Waals surface area contributed by atoms with Gasteiger partial charge in [-0.1, -0.05) is 5.92 Å². The van der Waals surface area contributed by atoms with Crippen molar-refractivity contribution in [3.05, 3.63) is 0 Å². The van der Waals surface area contributed by atoms with E-state index in [2.05, 4.69) is 17.2 Å². The molecule has 0 aromatic heterocycles. The number of carbonyl (C=O) groups is 1. The molecule has 0 spiro atoms. The van der Waals surface area contributed by atoms with Crippen LogP contribution >= 0.6 is 11.8 Å². The Labute approximate surface area is 83.8 Å². The van der Waals surface area contributed by atoms with Gasteiger partial charge >= 0.3 is 0 Å². The highest BCUT2D eigenvalue weighted by atomic mass is 32.2. The van der Waals surface area contributed by atoms with Crippen molar-refractivity contribution in [3.63, 3.8) is 0 Å². The van der Waals surface area contributed by atoms with Gasteiger partial charge in [-0.2, -0.15) is 11.8 Å². The first kappa shape index (κ1) is 12.3. The monoisotopic (exact) mass is 200 g/mol. The number of nitrogens with two attached hydrogens (primary N) is 1. The summed E-state index contributed by atoms with van der Waals surface area (Å²) in [6, 6.07) is -0.397. The van der Waals surface area contributed by atoms with Crippen molar-refractivity contribution in [2.45, 2.75) is 19.4 Å². The van der Waals surface area contributed by atoms with Crippen molar-refractivity contribution in [2.75, 3.05) is 18.6 Å². The van der Waals surface area contributed by atoms with Crippen LogP contribution in [0.15, 0.2) is 0 Å². The van der Waals surface area contributed by atoms with Gasteiger partial charge in [0.05, 0.1) is 12.6 Å². The third kappa shape index (κ3) is 6.50. The van der Waals surface area contributed by atoms with Crippen LogP contribution in [0.2, 0.25) is 0 Å². The summed E-state index contributed by atoms with van der Waals surface area (Å²) in [7, 11) is 0. The van der Waals surface area contributed by atoms with E-state index in [1.54, 1.807) is 18.7 Å². The van der Waals surface area contributed by atoms with Crippen molar-refractivity contribution in [1.29, 1.82) is 0 Å². The number of nitrogens with one attached hydrogen (secondary N) is 1. The third-order valence-corrected chi connectivity index (χ3v) is 2.14. The Balaban J connectivity index is 3.60. The molecule has 0 aliphatic carbocycles. The molecular weight excluding hydrogens is 184 g/mol. The standard InChI is InChI=1S/C9H16N2OS/c1-3-4-6-11-9(12)8(10)5-7-13-2/h8H,5-7,10H2,1-2H3,(H,11,12). The minimum absolute atomic E-state index is 0.114. The van der Waals surface area contributed by atoms with Gasteiger partial charge in [-0.15, -0.1) is 5.92 Å². The van der Waals surface area contributed by atoms with Gasteiger partial charge in [0.2, 0.25) is 5.91 Å². The van der Waals surface area contributed by atoms with E-state index < -0.39 is 6.04 Å². The smallest absolute Gasteiger partial charge is 0.237 e. The van der Waals surface area contributed by atoms with Crippen molar-refractivity contribution >= 4 is 17.7 Å². The largest absolute Gasteiger partial charge is 0.344 e. The fraction of sp³-hybridized carbons (Fsp3) is 0.667. The summed E-state index contributed by atoms with van der Waals surface area (Å²) in [5, 5.41) is 2.65. The Morgan fingerprint density at radius 1 is 1.69 bits per heavy atom. The van der Waals surface area contributed by atoms with E-state index in [9.17, 15) is 4.79 Å². The molecule has 0 heterocycles. The fourth-order valence-corrected chi connectivity index (χ4v) is 1.22. The molecule has 0 saturated heterocycles. The van der Waals surface area contributed by atoms with Gasteiger partial charge in [0.15, 0.2) is 0 Å². The molecule has 0 radical (unpaired) electrons. The zero-order valence-electron chi connectivity index (χ0n) is 8.09. The molecule has 1 unspecified atom stereocenters. The average Bonchev–Trinajstić information content (AvgIpc) is 2.14. The van der Waals surface area contributed by atoms with Crippen LogP contribution in [0.5, 0.6) is 0 Å². The lowest BCUT2D eigenvalue weighted by Crippen LogP contribution is -2.41. The maximum atomic E-state index is 11.2. The number of amides is 1. The summed E-state index contributed by atoms with van der Waals surface area (Å²) >= 11 is 1.69. The topological polar surface area (TPSA) is 55.1 Å². The van der Waals surface area contributed by atoms with Crippen molar-refractivity contribution in [3.8, 4) is 11.8 Å².